The van der Waals surface area contributed by atoms with Gasteiger partial charge in [-0.25, -0.2) is 18.0 Å². The summed E-state index contributed by atoms with van der Waals surface area (Å²) in [4.78, 5) is 64.0. The Bertz CT molecular complexity index is 1600. The van der Waals surface area contributed by atoms with Crippen molar-refractivity contribution in [3.63, 3.8) is 0 Å². The fourth-order valence-corrected chi connectivity index (χ4v) is 6.56. The number of carbonyl (C=O) groups excluding carboxylic acids is 5. The van der Waals surface area contributed by atoms with Crippen molar-refractivity contribution < 1.29 is 51.3 Å². The first-order valence-electron chi connectivity index (χ1n) is 16.4. The molecule has 0 aliphatic carbocycles. The van der Waals surface area contributed by atoms with Crippen LogP contribution in [0.15, 0.2) is 53.4 Å². The lowest BCUT2D eigenvalue weighted by Gasteiger charge is -2.28. The highest BCUT2D eigenvalue weighted by molar-refractivity contribution is 7.89. The molecule has 0 unspecified atom stereocenters. The first kappa shape index (κ1) is 39.9. The highest BCUT2D eigenvalue weighted by Gasteiger charge is 2.41. The van der Waals surface area contributed by atoms with Gasteiger partial charge in [0.25, 0.3) is 0 Å². The summed E-state index contributed by atoms with van der Waals surface area (Å²) in [5.74, 6) is -2.55. The Morgan fingerprint density at radius 2 is 1.58 bits per heavy atom. The van der Waals surface area contributed by atoms with Gasteiger partial charge >= 0.3 is 24.0 Å². The number of aryl methyl sites for hydroxylation is 1. The molecule has 0 radical (unpaired) electrons. The van der Waals surface area contributed by atoms with Gasteiger partial charge in [0, 0.05) is 20.0 Å². The fourth-order valence-electron chi connectivity index (χ4n) is 4.90. The van der Waals surface area contributed by atoms with Gasteiger partial charge in [-0.05, 0) is 76.8 Å². The summed E-state index contributed by atoms with van der Waals surface area (Å²) >= 11 is 0. The number of carbonyl (C=O) groups is 5. The second-order valence-electron chi connectivity index (χ2n) is 12.9. The Balaban J connectivity index is 1.62. The van der Waals surface area contributed by atoms with Gasteiger partial charge in [-0.1, -0.05) is 36.8 Å². The van der Waals surface area contributed by atoms with Crippen LogP contribution in [0.3, 0.4) is 0 Å². The van der Waals surface area contributed by atoms with Crippen molar-refractivity contribution in [2.45, 2.75) is 89.3 Å². The minimum Gasteiger partial charge on any atom is -0.465 e. The Hall–Kier alpha value is -4.50. The number of benzene rings is 2. The highest BCUT2D eigenvalue weighted by atomic mass is 32.2. The molecular weight excluding hydrogens is 670 g/mol. The quantitative estimate of drug-likeness (QED) is 0.162. The topological polar surface area (TPSA) is 175 Å². The average molecular weight is 718 g/mol. The number of sulfonamides is 1. The van der Waals surface area contributed by atoms with Gasteiger partial charge < -0.3 is 29.2 Å². The number of hydrogen-bond acceptors (Lipinski definition) is 11. The molecule has 1 N–H and O–H groups in total. The molecule has 1 fully saturated rings. The van der Waals surface area contributed by atoms with Crippen molar-refractivity contribution >= 4 is 39.9 Å². The van der Waals surface area contributed by atoms with Crippen LogP contribution >= 0.6 is 0 Å². The van der Waals surface area contributed by atoms with Crippen molar-refractivity contribution in [2.75, 3.05) is 33.4 Å². The standard InChI is InChI=1S/C35H47N3O11S/c1-7-20-46-30(39)23-31(40)47-21-19-37(6)34(43)48-26-14-12-25(13-15-26)22-28(33(42)49-35(3,4)5)36-32(41)29-9-8-18-38(29)50(44,45)27-16-10-24(2)11-17-27/h10-17,28-29H,7-9,18-23H2,1-6H3,(H,36,41)/t28-,29-/m0/s1. The van der Waals surface area contributed by atoms with Crippen LogP contribution in [0, 0.1) is 6.92 Å². The van der Waals surface area contributed by atoms with E-state index in [1.165, 1.54) is 40.5 Å². The number of nitrogens with zero attached hydrogens (tertiary/aromatic N) is 2. The van der Waals surface area contributed by atoms with Crippen molar-refractivity contribution in [3.05, 3.63) is 59.7 Å². The largest absolute Gasteiger partial charge is 0.465 e. The highest BCUT2D eigenvalue weighted by Crippen LogP contribution is 2.27. The van der Waals surface area contributed by atoms with Crippen molar-refractivity contribution in [3.8, 4) is 5.75 Å². The number of ether oxygens (including phenoxy) is 4. The van der Waals surface area contributed by atoms with Gasteiger partial charge in [-0.3, -0.25) is 14.4 Å². The molecule has 14 nitrogen and oxygen atoms in total. The number of likely N-dealkylation sites (N-methyl/N-ethyl adjacent to an activating group) is 1. The molecule has 1 saturated heterocycles. The molecule has 0 bridgehead atoms. The van der Waals surface area contributed by atoms with E-state index in [0.29, 0.717) is 24.8 Å². The zero-order valence-corrected chi connectivity index (χ0v) is 30.2. The Morgan fingerprint density at radius 1 is 0.960 bits per heavy atom. The minimum absolute atomic E-state index is 0.00860. The SMILES string of the molecule is CCCOC(=O)CC(=O)OCCN(C)C(=O)Oc1ccc(C[C@H](NC(=O)[C@@H]2CCCN2S(=O)(=O)c2ccc(C)cc2)C(=O)OC(C)(C)C)cc1. The van der Waals surface area contributed by atoms with Crippen LogP contribution in [-0.4, -0.2) is 98.6 Å². The average Bonchev–Trinajstić information content (AvgIpc) is 3.55. The second-order valence-corrected chi connectivity index (χ2v) is 14.8. The molecule has 0 spiro atoms. The Kier molecular flexibility index (Phi) is 14.3. The first-order chi connectivity index (χ1) is 23.5. The van der Waals surface area contributed by atoms with Gasteiger partial charge in [-0.15, -0.1) is 0 Å². The van der Waals surface area contributed by atoms with E-state index in [1.807, 2.05) is 13.8 Å². The molecule has 3 rings (SSSR count). The molecule has 2 atom stereocenters. The summed E-state index contributed by atoms with van der Waals surface area (Å²) < 4.78 is 48.8. The normalized spacial score (nSPS) is 15.4. The maximum atomic E-state index is 13.6. The third kappa shape index (κ3) is 12.1. The van der Waals surface area contributed by atoms with Gasteiger partial charge in [0.1, 0.15) is 36.5 Å². The molecule has 1 aliphatic heterocycles. The van der Waals surface area contributed by atoms with E-state index in [4.69, 9.17) is 18.9 Å². The zero-order chi connectivity index (χ0) is 37.1. The van der Waals surface area contributed by atoms with Crippen molar-refractivity contribution in [2.24, 2.45) is 0 Å². The van der Waals surface area contributed by atoms with E-state index in [2.05, 4.69) is 5.32 Å². The Morgan fingerprint density at radius 3 is 2.18 bits per heavy atom. The summed E-state index contributed by atoms with van der Waals surface area (Å²) in [5, 5.41) is 2.73. The van der Waals surface area contributed by atoms with E-state index in [1.54, 1.807) is 45.0 Å². The number of rotatable bonds is 15. The predicted molar refractivity (Wildman–Crippen MR) is 181 cm³/mol. The van der Waals surface area contributed by atoms with Gasteiger partial charge in [-0.2, -0.15) is 4.31 Å². The smallest absolute Gasteiger partial charge is 0.415 e. The van der Waals surface area contributed by atoms with E-state index in [0.717, 1.165) is 5.56 Å². The molecule has 1 aliphatic rings. The lowest BCUT2D eigenvalue weighted by molar-refractivity contribution is -0.159. The first-order valence-corrected chi connectivity index (χ1v) is 17.9. The third-order valence-electron chi connectivity index (χ3n) is 7.47. The summed E-state index contributed by atoms with van der Waals surface area (Å²) in [6.07, 6.45) is 0.180. The monoisotopic (exact) mass is 717 g/mol. The minimum atomic E-state index is -3.96. The Labute approximate surface area is 293 Å². The van der Waals surface area contributed by atoms with Gasteiger partial charge in [0.05, 0.1) is 18.0 Å². The van der Waals surface area contributed by atoms with Crippen LogP contribution in [0.1, 0.15) is 64.5 Å². The maximum Gasteiger partial charge on any atom is 0.415 e. The second kappa shape index (κ2) is 17.9. The van der Waals surface area contributed by atoms with E-state index in [-0.39, 0.29) is 43.4 Å². The molecule has 50 heavy (non-hydrogen) atoms. The summed E-state index contributed by atoms with van der Waals surface area (Å²) in [5.41, 5.74) is 0.657. The molecule has 0 aromatic heterocycles. The van der Waals surface area contributed by atoms with Crippen LogP contribution in [-0.2, 0) is 49.8 Å². The summed E-state index contributed by atoms with van der Waals surface area (Å²) in [7, 11) is -2.51. The molecule has 2 amide bonds. The lowest BCUT2D eigenvalue weighted by Crippen LogP contribution is -2.52. The molecule has 2 aromatic rings. The van der Waals surface area contributed by atoms with Crippen molar-refractivity contribution in [1.82, 2.24) is 14.5 Å². The molecule has 1 heterocycles. The van der Waals surface area contributed by atoms with Crippen LogP contribution in [0.5, 0.6) is 5.75 Å². The van der Waals surface area contributed by atoms with E-state index >= 15 is 0 Å². The van der Waals surface area contributed by atoms with E-state index in [9.17, 15) is 32.4 Å². The fraction of sp³-hybridized carbons (Fsp3) is 0.514. The van der Waals surface area contributed by atoms with Crippen LogP contribution < -0.4 is 10.1 Å². The predicted octanol–water partition coefficient (Wildman–Crippen LogP) is 3.53. The molecule has 274 valence electrons. The number of hydrogen-bond donors (Lipinski definition) is 1. The van der Waals surface area contributed by atoms with Crippen molar-refractivity contribution in [1.29, 1.82) is 0 Å². The number of esters is 3. The molecular formula is C35H47N3O11S. The zero-order valence-electron chi connectivity index (χ0n) is 29.4. The number of amides is 2. The van der Waals surface area contributed by atoms with Gasteiger partial charge in [0.2, 0.25) is 15.9 Å². The number of nitrogens with one attached hydrogen (secondary N) is 1. The molecule has 2 aromatic carbocycles. The van der Waals surface area contributed by atoms with Crippen LogP contribution in [0.2, 0.25) is 0 Å². The molecule has 15 heteroatoms. The maximum absolute atomic E-state index is 13.6. The third-order valence-corrected chi connectivity index (χ3v) is 9.39. The molecule has 0 saturated carbocycles. The summed E-state index contributed by atoms with van der Waals surface area (Å²) in [6, 6.07) is 10.5. The van der Waals surface area contributed by atoms with Gasteiger partial charge in [0.15, 0.2) is 0 Å². The lowest BCUT2D eigenvalue weighted by atomic mass is 10.0. The summed E-state index contributed by atoms with van der Waals surface area (Å²) in [6.45, 7) is 9.01. The van der Waals surface area contributed by atoms with E-state index < -0.39 is 64.0 Å². The van der Waals surface area contributed by atoms with Crippen LogP contribution in [0.4, 0.5) is 4.79 Å². The van der Waals surface area contributed by atoms with Crippen LogP contribution in [0.25, 0.3) is 0 Å².